The maximum Gasteiger partial charge on any atom is 0.0770 e. The predicted molar refractivity (Wildman–Crippen MR) is 72.6 cm³/mol. The minimum absolute atomic E-state index is 0.716. The zero-order valence-electron chi connectivity index (χ0n) is 9.96. The number of rotatable bonds is 2. The minimum atomic E-state index is 0.716. The Balaban J connectivity index is 2.06. The van der Waals surface area contributed by atoms with Gasteiger partial charge in [-0.2, -0.15) is 5.10 Å². The Hall–Kier alpha value is -2.56. The highest BCUT2D eigenvalue weighted by molar-refractivity contribution is 5.94. The monoisotopic (exact) mass is 239 g/mol. The van der Waals surface area contributed by atoms with Crippen LogP contribution in [-0.2, 0) is 7.05 Å². The fourth-order valence-electron chi connectivity index (χ4n) is 1.92. The number of fused-ring (bicyclic) bond motifs is 1. The van der Waals surface area contributed by atoms with E-state index >= 15 is 0 Å². The molecule has 3 N–H and O–H groups in total. The van der Waals surface area contributed by atoms with Crippen molar-refractivity contribution in [1.29, 1.82) is 0 Å². The van der Waals surface area contributed by atoms with E-state index < -0.39 is 0 Å². The Morgan fingerprint density at radius 1 is 1.28 bits per heavy atom. The third-order valence-electron chi connectivity index (χ3n) is 2.75. The minimum Gasteiger partial charge on any atom is -0.399 e. The van der Waals surface area contributed by atoms with Crippen molar-refractivity contribution in [2.75, 3.05) is 11.1 Å². The smallest absolute Gasteiger partial charge is 0.0770 e. The number of nitrogens with one attached hydrogen (secondary N) is 1. The molecule has 0 bridgehead atoms. The zero-order valence-corrected chi connectivity index (χ0v) is 9.96. The van der Waals surface area contributed by atoms with Crippen molar-refractivity contribution >= 4 is 28.0 Å². The number of pyridine rings is 1. The molecule has 18 heavy (non-hydrogen) atoms. The average Bonchev–Trinajstić information content (AvgIpc) is 2.75. The molecule has 0 aliphatic heterocycles. The second-order valence-electron chi connectivity index (χ2n) is 4.16. The van der Waals surface area contributed by atoms with Crippen LogP contribution in [-0.4, -0.2) is 14.8 Å². The molecule has 90 valence electrons. The molecule has 2 heterocycles. The van der Waals surface area contributed by atoms with Gasteiger partial charge in [0.2, 0.25) is 0 Å². The van der Waals surface area contributed by atoms with E-state index in [1.54, 1.807) is 17.1 Å². The van der Waals surface area contributed by atoms with Gasteiger partial charge in [0, 0.05) is 36.2 Å². The van der Waals surface area contributed by atoms with Gasteiger partial charge in [-0.1, -0.05) is 0 Å². The van der Waals surface area contributed by atoms with Gasteiger partial charge < -0.3 is 11.1 Å². The van der Waals surface area contributed by atoms with E-state index in [1.165, 1.54) is 0 Å². The van der Waals surface area contributed by atoms with Gasteiger partial charge in [-0.3, -0.25) is 9.67 Å². The second kappa shape index (κ2) is 4.03. The van der Waals surface area contributed by atoms with Crippen LogP contribution >= 0.6 is 0 Å². The summed E-state index contributed by atoms with van der Waals surface area (Å²) in [5.41, 5.74) is 9.29. The molecule has 5 heteroatoms. The fourth-order valence-corrected chi connectivity index (χ4v) is 1.92. The maximum absolute atomic E-state index is 5.76. The van der Waals surface area contributed by atoms with Gasteiger partial charge in [-0.05, 0) is 24.3 Å². The van der Waals surface area contributed by atoms with Crippen LogP contribution in [0.5, 0.6) is 0 Å². The van der Waals surface area contributed by atoms with Crippen molar-refractivity contribution in [3.8, 4) is 0 Å². The van der Waals surface area contributed by atoms with Crippen molar-refractivity contribution < 1.29 is 0 Å². The van der Waals surface area contributed by atoms with Gasteiger partial charge in [-0.15, -0.1) is 0 Å². The van der Waals surface area contributed by atoms with Crippen LogP contribution in [0.4, 0.5) is 17.1 Å². The van der Waals surface area contributed by atoms with Crippen molar-refractivity contribution in [2.45, 2.75) is 0 Å². The van der Waals surface area contributed by atoms with E-state index in [1.807, 2.05) is 37.5 Å². The van der Waals surface area contributed by atoms with E-state index in [2.05, 4.69) is 15.4 Å². The van der Waals surface area contributed by atoms with Gasteiger partial charge in [0.05, 0.1) is 17.4 Å². The van der Waals surface area contributed by atoms with Gasteiger partial charge >= 0.3 is 0 Å². The number of nitrogen functional groups attached to an aromatic ring is 1. The van der Waals surface area contributed by atoms with E-state index in [0.29, 0.717) is 5.69 Å². The van der Waals surface area contributed by atoms with Crippen LogP contribution < -0.4 is 11.1 Å². The van der Waals surface area contributed by atoms with Gasteiger partial charge in [-0.25, -0.2) is 0 Å². The average molecular weight is 239 g/mol. The lowest BCUT2D eigenvalue weighted by atomic mass is 10.1. The molecule has 0 fully saturated rings. The number of hydrogen-bond acceptors (Lipinski definition) is 4. The summed E-state index contributed by atoms with van der Waals surface area (Å²) in [6, 6.07) is 7.64. The van der Waals surface area contributed by atoms with Crippen LogP contribution in [0.25, 0.3) is 10.9 Å². The van der Waals surface area contributed by atoms with E-state index in [4.69, 9.17) is 5.73 Å². The number of nitrogens with zero attached hydrogens (tertiary/aromatic N) is 3. The molecule has 5 nitrogen and oxygen atoms in total. The van der Waals surface area contributed by atoms with E-state index in [0.717, 1.165) is 22.3 Å². The number of aryl methyl sites for hydroxylation is 1. The Kier molecular flexibility index (Phi) is 2.37. The van der Waals surface area contributed by atoms with Crippen molar-refractivity contribution in [1.82, 2.24) is 14.8 Å². The van der Waals surface area contributed by atoms with Crippen LogP contribution in [0, 0.1) is 0 Å². The first-order valence-corrected chi connectivity index (χ1v) is 5.62. The summed E-state index contributed by atoms with van der Waals surface area (Å²) in [5.74, 6) is 0. The molecule has 0 spiro atoms. The van der Waals surface area contributed by atoms with Gasteiger partial charge in [0.1, 0.15) is 0 Å². The third kappa shape index (κ3) is 1.86. The number of aromatic nitrogens is 3. The largest absolute Gasteiger partial charge is 0.399 e. The number of anilines is 3. The molecule has 1 aromatic carbocycles. The summed E-state index contributed by atoms with van der Waals surface area (Å²) < 4.78 is 1.75. The maximum atomic E-state index is 5.76. The first-order chi connectivity index (χ1) is 8.72. The summed E-state index contributed by atoms with van der Waals surface area (Å²) in [7, 11) is 1.89. The Morgan fingerprint density at radius 2 is 2.17 bits per heavy atom. The quantitative estimate of drug-likeness (QED) is 0.673. The second-order valence-corrected chi connectivity index (χ2v) is 4.16. The Labute approximate surface area is 104 Å². The molecule has 0 atom stereocenters. The van der Waals surface area contributed by atoms with Gasteiger partial charge in [0.25, 0.3) is 0 Å². The number of benzene rings is 1. The molecule has 0 unspecified atom stereocenters. The highest BCUT2D eigenvalue weighted by Gasteiger charge is 2.03. The van der Waals surface area contributed by atoms with Crippen molar-refractivity contribution in [2.24, 2.45) is 7.05 Å². The molecular weight excluding hydrogens is 226 g/mol. The highest BCUT2D eigenvalue weighted by atomic mass is 15.3. The normalized spacial score (nSPS) is 10.7. The summed E-state index contributed by atoms with van der Waals surface area (Å²) in [5, 5.41) is 8.49. The van der Waals surface area contributed by atoms with E-state index in [9.17, 15) is 0 Å². The lowest BCUT2D eigenvalue weighted by molar-refractivity contribution is 0.768. The first-order valence-electron chi connectivity index (χ1n) is 5.62. The molecule has 0 aliphatic carbocycles. The Bertz CT molecular complexity index is 701. The summed E-state index contributed by atoms with van der Waals surface area (Å²) in [6.45, 7) is 0. The van der Waals surface area contributed by atoms with Crippen LogP contribution in [0.3, 0.4) is 0 Å². The topological polar surface area (TPSA) is 68.8 Å². The molecule has 2 aromatic heterocycles. The molecular formula is C13H13N5. The zero-order chi connectivity index (χ0) is 12.5. The number of hydrogen-bond donors (Lipinski definition) is 2. The lowest BCUT2D eigenvalue weighted by Gasteiger charge is -2.07. The fraction of sp³-hybridized carbons (Fsp3) is 0.0769. The summed E-state index contributed by atoms with van der Waals surface area (Å²) in [6.07, 6.45) is 5.47. The van der Waals surface area contributed by atoms with Crippen molar-refractivity contribution in [3.63, 3.8) is 0 Å². The Morgan fingerprint density at radius 3 is 2.94 bits per heavy atom. The SMILES string of the molecule is Cn1cc(Nc2ccnc3cc(N)ccc23)cn1. The predicted octanol–water partition coefficient (Wildman–Crippen LogP) is 2.29. The van der Waals surface area contributed by atoms with Crippen molar-refractivity contribution in [3.05, 3.63) is 42.9 Å². The third-order valence-corrected chi connectivity index (χ3v) is 2.75. The lowest BCUT2D eigenvalue weighted by Crippen LogP contribution is -1.92. The molecule has 0 radical (unpaired) electrons. The molecule has 0 aliphatic rings. The van der Waals surface area contributed by atoms with Crippen LogP contribution in [0.2, 0.25) is 0 Å². The molecule has 0 amide bonds. The molecule has 0 saturated carbocycles. The standard InChI is InChI=1S/C13H13N5/c1-18-8-10(7-16-18)17-12-4-5-15-13-6-9(14)2-3-11(12)13/h2-8H,14H2,1H3,(H,15,17). The first kappa shape index (κ1) is 10.6. The molecule has 3 rings (SSSR count). The van der Waals surface area contributed by atoms with E-state index in [-0.39, 0.29) is 0 Å². The van der Waals surface area contributed by atoms with Crippen LogP contribution in [0.1, 0.15) is 0 Å². The van der Waals surface area contributed by atoms with Crippen LogP contribution in [0.15, 0.2) is 42.9 Å². The number of nitrogens with two attached hydrogens (primary N) is 1. The highest BCUT2D eigenvalue weighted by Crippen LogP contribution is 2.25. The summed E-state index contributed by atoms with van der Waals surface area (Å²) in [4.78, 5) is 4.31. The molecule has 0 saturated heterocycles. The summed E-state index contributed by atoms with van der Waals surface area (Å²) >= 11 is 0. The molecule has 3 aromatic rings. The van der Waals surface area contributed by atoms with Gasteiger partial charge in [0.15, 0.2) is 0 Å².